The minimum atomic E-state index is 0.347. The van der Waals surface area contributed by atoms with E-state index < -0.39 is 0 Å². The fourth-order valence-electron chi connectivity index (χ4n) is 0.942. The minimum Gasteiger partial charge on any atom is -0.410 e. The van der Waals surface area contributed by atoms with Crippen LogP contribution < -0.4 is 4.74 Å². The van der Waals surface area contributed by atoms with Gasteiger partial charge in [-0.1, -0.05) is 0 Å². The van der Waals surface area contributed by atoms with Crippen molar-refractivity contribution in [1.29, 1.82) is 0 Å². The largest absolute Gasteiger partial charge is 0.410 e. The monoisotopic (exact) mass is 179 g/mol. The molecule has 0 saturated heterocycles. The van der Waals surface area contributed by atoms with Gasteiger partial charge in [-0.15, -0.1) is 11.3 Å². The van der Waals surface area contributed by atoms with Crippen molar-refractivity contribution in [3.63, 3.8) is 0 Å². The molecule has 2 aromatic heterocycles. The van der Waals surface area contributed by atoms with Crippen molar-refractivity contribution < 1.29 is 9.53 Å². The van der Waals surface area contributed by atoms with Crippen LogP contribution in [0.2, 0.25) is 0 Å². The highest BCUT2D eigenvalue weighted by molar-refractivity contribution is 7.16. The first-order valence-electron chi connectivity index (χ1n) is 3.35. The number of thiophene rings is 1. The molecule has 0 aliphatic rings. The summed E-state index contributed by atoms with van der Waals surface area (Å²) in [6, 6.07) is 5.51. The van der Waals surface area contributed by atoms with Crippen molar-refractivity contribution in [1.82, 2.24) is 4.98 Å². The number of carbonyl (C=O) groups excluding carboxylic acids is 1. The third-order valence-corrected chi connectivity index (χ3v) is 2.28. The smallest absolute Gasteiger partial charge is 0.299 e. The van der Waals surface area contributed by atoms with Crippen molar-refractivity contribution in [2.45, 2.75) is 0 Å². The zero-order valence-corrected chi connectivity index (χ0v) is 6.88. The predicted molar refractivity (Wildman–Crippen MR) is 46.3 cm³/mol. The van der Waals surface area contributed by atoms with Gasteiger partial charge in [0.05, 0.1) is 0 Å². The lowest BCUT2D eigenvalue weighted by molar-refractivity contribution is -0.120. The Hall–Kier alpha value is -1.42. The van der Waals surface area contributed by atoms with Gasteiger partial charge in [0.2, 0.25) is 5.88 Å². The van der Waals surface area contributed by atoms with Gasteiger partial charge in [-0.2, -0.15) is 0 Å². The van der Waals surface area contributed by atoms with Gasteiger partial charge in [-0.05, 0) is 17.5 Å². The summed E-state index contributed by atoms with van der Waals surface area (Å²) < 4.78 is 4.60. The van der Waals surface area contributed by atoms with Crippen molar-refractivity contribution in [2.75, 3.05) is 0 Å². The van der Waals surface area contributed by atoms with Crippen LogP contribution in [-0.2, 0) is 4.79 Å². The molecule has 0 bridgehead atoms. The number of ether oxygens (including phenoxy) is 1. The van der Waals surface area contributed by atoms with Gasteiger partial charge in [0.1, 0.15) is 4.83 Å². The molecule has 0 spiro atoms. The van der Waals surface area contributed by atoms with Crippen LogP contribution in [0.3, 0.4) is 0 Å². The molecule has 0 fully saturated rings. The standard InChI is InChI=1S/C8H5NO2S/c10-5-11-7-2-1-6-3-4-12-8(6)9-7/h1-5H. The molecule has 0 N–H and O–H groups in total. The van der Waals surface area contributed by atoms with E-state index in [0.717, 1.165) is 10.2 Å². The molecule has 0 radical (unpaired) electrons. The molecule has 0 saturated carbocycles. The second-order valence-corrected chi connectivity index (χ2v) is 3.07. The van der Waals surface area contributed by atoms with E-state index >= 15 is 0 Å². The van der Waals surface area contributed by atoms with Crippen LogP contribution in [0.25, 0.3) is 10.2 Å². The Labute approximate surface area is 72.6 Å². The summed E-state index contributed by atoms with van der Waals surface area (Å²) >= 11 is 1.52. The SMILES string of the molecule is O=COc1ccc2ccsc2n1. The molecule has 4 heteroatoms. The zero-order chi connectivity index (χ0) is 8.39. The second-order valence-electron chi connectivity index (χ2n) is 2.18. The van der Waals surface area contributed by atoms with E-state index in [-0.39, 0.29) is 0 Å². The van der Waals surface area contributed by atoms with Gasteiger partial charge in [0, 0.05) is 11.5 Å². The highest BCUT2D eigenvalue weighted by Gasteiger charge is 1.98. The van der Waals surface area contributed by atoms with Gasteiger partial charge in [0.15, 0.2) is 0 Å². The molecular formula is C8H5NO2S. The molecule has 12 heavy (non-hydrogen) atoms. The normalized spacial score (nSPS) is 10.0. The van der Waals surface area contributed by atoms with Crippen molar-refractivity contribution in [3.05, 3.63) is 23.6 Å². The van der Waals surface area contributed by atoms with Crippen LogP contribution in [0.15, 0.2) is 23.6 Å². The number of carbonyl (C=O) groups is 1. The highest BCUT2D eigenvalue weighted by Crippen LogP contribution is 2.20. The van der Waals surface area contributed by atoms with Gasteiger partial charge < -0.3 is 4.74 Å². The first kappa shape index (κ1) is 7.24. The van der Waals surface area contributed by atoms with Crippen LogP contribution >= 0.6 is 11.3 Å². The van der Waals surface area contributed by atoms with E-state index in [9.17, 15) is 4.79 Å². The summed E-state index contributed by atoms with van der Waals surface area (Å²) in [5.41, 5.74) is 0. The number of hydrogen-bond donors (Lipinski definition) is 0. The summed E-state index contributed by atoms with van der Waals surface area (Å²) in [7, 11) is 0. The maximum atomic E-state index is 9.99. The maximum absolute atomic E-state index is 9.99. The Morgan fingerprint density at radius 2 is 2.33 bits per heavy atom. The van der Waals surface area contributed by atoms with Gasteiger partial charge in [-0.3, -0.25) is 4.79 Å². The number of rotatable bonds is 2. The van der Waals surface area contributed by atoms with Crippen molar-refractivity contribution >= 4 is 28.0 Å². The summed E-state index contributed by atoms with van der Waals surface area (Å²) in [5, 5.41) is 3.01. The van der Waals surface area contributed by atoms with E-state index in [1.165, 1.54) is 11.3 Å². The molecule has 2 aromatic rings. The number of nitrogens with zero attached hydrogens (tertiary/aromatic N) is 1. The first-order valence-corrected chi connectivity index (χ1v) is 4.22. The third-order valence-electron chi connectivity index (χ3n) is 1.46. The predicted octanol–water partition coefficient (Wildman–Crippen LogP) is 1.83. The fourth-order valence-corrected chi connectivity index (χ4v) is 1.70. The van der Waals surface area contributed by atoms with Crippen LogP contribution in [0.1, 0.15) is 0 Å². The lowest BCUT2D eigenvalue weighted by atomic mass is 10.3. The van der Waals surface area contributed by atoms with Crippen LogP contribution in [0.4, 0.5) is 0 Å². The molecule has 0 aliphatic carbocycles. The molecular weight excluding hydrogens is 174 g/mol. The van der Waals surface area contributed by atoms with E-state index in [1.807, 2.05) is 17.5 Å². The van der Waals surface area contributed by atoms with E-state index in [1.54, 1.807) is 6.07 Å². The second kappa shape index (κ2) is 2.91. The topological polar surface area (TPSA) is 39.2 Å². The average Bonchev–Trinajstić information content (AvgIpc) is 2.51. The number of hydrogen-bond acceptors (Lipinski definition) is 4. The summed E-state index contributed by atoms with van der Waals surface area (Å²) in [6.07, 6.45) is 0. The summed E-state index contributed by atoms with van der Waals surface area (Å²) in [6.45, 7) is 0.377. The van der Waals surface area contributed by atoms with E-state index in [4.69, 9.17) is 0 Å². The molecule has 2 heterocycles. The molecule has 0 amide bonds. The molecule has 0 atom stereocenters. The highest BCUT2D eigenvalue weighted by atomic mass is 32.1. The molecule has 3 nitrogen and oxygen atoms in total. The summed E-state index contributed by atoms with van der Waals surface area (Å²) in [4.78, 5) is 15.0. The lowest BCUT2D eigenvalue weighted by Gasteiger charge is -1.94. The molecule has 0 unspecified atom stereocenters. The summed E-state index contributed by atoms with van der Waals surface area (Å²) in [5.74, 6) is 0.347. The Morgan fingerprint density at radius 1 is 1.42 bits per heavy atom. The number of aromatic nitrogens is 1. The first-order chi connectivity index (χ1) is 5.90. The number of fused-ring (bicyclic) bond motifs is 1. The molecule has 0 aliphatic heterocycles. The molecule has 2 rings (SSSR count). The van der Waals surface area contributed by atoms with Crippen LogP contribution in [0.5, 0.6) is 5.88 Å². The Morgan fingerprint density at radius 3 is 3.17 bits per heavy atom. The van der Waals surface area contributed by atoms with E-state index in [2.05, 4.69) is 9.72 Å². The van der Waals surface area contributed by atoms with Gasteiger partial charge in [0.25, 0.3) is 6.47 Å². The fraction of sp³-hybridized carbons (Fsp3) is 0. The number of pyridine rings is 1. The van der Waals surface area contributed by atoms with Crippen LogP contribution in [0, 0.1) is 0 Å². The Bertz CT molecular complexity index is 410. The third kappa shape index (κ3) is 1.16. The average molecular weight is 179 g/mol. The van der Waals surface area contributed by atoms with Crippen molar-refractivity contribution in [3.8, 4) is 5.88 Å². The lowest BCUT2D eigenvalue weighted by Crippen LogP contribution is -1.90. The van der Waals surface area contributed by atoms with E-state index in [0.29, 0.717) is 12.4 Å². The van der Waals surface area contributed by atoms with Crippen molar-refractivity contribution in [2.24, 2.45) is 0 Å². The minimum absolute atomic E-state index is 0.347. The Kier molecular flexibility index (Phi) is 1.75. The van der Waals surface area contributed by atoms with Gasteiger partial charge in [-0.25, -0.2) is 4.98 Å². The van der Waals surface area contributed by atoms with Gasteiger partial charge >= 0.3 is 0 Å². The quantitative estimate of drug-likeness (QED) is 0.660. The molecule has 0 aromatic carbocycles. The Balaban J connectivity index is 2.52. The zero-order valence-electron chi connectivity index (χ0n) is 6.06. The van der Waals surface area contributed by atoms with Crippen LogP contribution in [-0.4, -0.2) is 11.5 Å². The molecule has 60 valence electrons. The maximum Gasteiger partial charge on any atom is 0.299 e.